The first-order valence-corrected chi connectivity index (χ1v) is 11.7. The quantitative estimate of drug-likeness (QED) is 0.610. The molecule has 0 bridgehead atoms. The van der Waals surface area contributed by atoms with Gasteiger partial charge >= 0.3 is 0 Å². The molecule has 1 aromatic heterocycles. The maximum absolute atomic E-state index is 13.3. The Kier molecular flexibility index (Phi) is 4.94. The molecule has 2 aliphatic heterocycles. The molecule has 1 atom stereocenters. The summed E-state index contributed by atoms with van der Waals surface area (Å²) in [5.41, 5.74) is 2.40. The van der Waals surface area contributed by atoms with E-state index < -0.39 is 10.0 Å². The van der Waals surface area contributed by atoms with Gasteiger partial charge in [0.2, 0.25) is 28.6 Å². The number of nitrogens with zero attached hydrogens (tertiary/aromatic N) is 3. The maximum atomic E-state index is 13.3. The van der Waals surface area contributed by atoms with E-state index in [1.54, 1.807) is 18.2 Å². The van der Waals surface area contributed by atoms with Crippen molar-refractivity contribution in [2.24, 2.45) is 0 Å². The molecule has 162 valence electrons. The molecule has 0 radical (unpaired) electrons. The van der Waals surface area contributed by atoms with Crippen molar-refractivity contribution in [1.29, 1.82) is 0 Å². The standard InChI is InChI=1S/C22H23N3O5S/c1-14-5-6-15(2)20(10-14)31(26,27)25-9-3-4-17(12-25)22-24-23-21(30-22)16-7-8-18-19(11-16)29-13-28-18/h5-8,10-11,17H,3-4,9,12-13H2,1-2H3. The number of benzene rings is 2. The highest BCUT2D eigenvalue weighted by atomic mass is 32.2. The summed E-state index contributed by atoms with van der Waals surface area (Å²) in [6.45, 7) is 4.71. The number of hydrogen-bond acceptors (Lipinski definition) is 7. The fourth-order valence-corrected chi connectivity index (χ4v) is 5.87. The van der Waals surface area contributed by atoms with Gasteiger partial charge in [0, 0.05) is 18.7 Å². The lowest BCUT2D eigenvalue weighted by Crippen LogP contribution is -2.39. The minimum atomic E-state index is -3.60. The normalized spacial score (nSPS) is 19.0. The number of rotatable bonds is 4. The van der Waals surface area contributed by atoms with Crippen LogP contribution in [0.1, 0.15) is 35.8 Å². The minimum Gasteiger partial charge on any atom is -0.454 e. The molecule has 0 spiro atoms. The number of piperidine rings is 1. The number of fused-ring (bicyclic) bond motifs is 1. The lowest BCUT2D eigenvalue weighted by Gasteiger charge is -2.30. The Bertz CT molecular complexity index is 1240. The van der Waals surface area contributed by atoms with Crippen molar-refractivity contribution in [3.05, 3.63) is 53.4 Å². The van der Waals surface area contributed by atoms with Crippen LogP contribution in [0.15, 0.2) is 45.7 Å². The SMILES string of the molecule is Cc1ccc(C)c(S(=O)(=O)N2CCCC(c3nnc(-c4ccc5c(c4)OCO5)o3)C2)c1. The second-order valence-corrected chi connectivity index (χ2v) is 9.89. The van der Waals surface area contributed by atoms with Gasteiger partial charge in [0.05, 0.1) is 10.8 Å². The van der Waals surface area contributed by atoms with E-state index in [0.717, 1.165) is 29.5 Å². The van der Waals surface area contributed by atoms with Crippen molar-refractivity contribution in [3.8, 4) is 23.0 Å². The third-order valence-corrected chi connectivity index (χ3v) is 7.76. The van der Waals surface area contributed by atoms with Crippen molar-refractivity contribution in [2.45, 2.75) is 37.5 Å². The second-order valence-electron chi connectivity index (χ2n) is 7.98. The molecule has 1 saturated heterocycles. The van der Waals surface area contributed by atoms with Crippen molar-refractivity contribution >= 4 is 10.0 Å². The van der Waals surface area contributed by atoms with Crippen LogP contribution in [0.5, 0.6) is 11.5 Å². The summed E-state index contributed by atoms with van der Waals surface area (Å²) in [7, 11) is -3.60. The van der Waals surface area contributed by atoms with Gasteiger partial charge in [-0.3, -0.25) is 0 Å². The van der Waals surface area contributed by atoms with E-state index >= 15 is 0 Å². The van der Waals surface area contributed by atoms with Gasteiger partial charge in [-0.05, 0) is 62.1 Å². The zero-order chi connectivity index (χ0) is 21.6. The van der Waals surface area contributed by atoms with Gasteiger partial charge in [0.25, 0.3) is 0 Å². The predicted molar refractivity (Wildman–Crippen MR) is 113 cm³/mol. The Morgan fingerprint density at radius 3 is 2.74 bits per heavy atom. The summed E-state index contributed by atoms with van der Waals surface area (Å²) in [4.78, 5) is 0.361. The molecule has 3 aromatic rings. The van der Waals surface area contributed by atoms with Crippen LogP contribution in [-0.4, -0.2) is 42.8 Å². The number of ether oxygens (including phenoxy) is 2. The van der Waals surface area contributed by atoms with E-state index in [-0.39, 0.29) is 12.7 Å². The van der Waals surface area contributed by atoms with Gasteiger partial charge in [0.1, 0.15) is 0 Å². The molecule has 31 heavy (non-hydrogen) atoms. The number of hydrogen-bond donors (Lipinski definition) is 0. The molecule has 5 rings (SSSR count). The molecule has 1 unspecified atom stereocenters. The van der Waals surface area contributed by atoms with Gasteiger partial charge < -0.3 is 13.9 Å². The largest absolute Gasteiger partial charge is 0.454 e. The van der Waals surface area contributed by atoms with Crippen molar-refractivity contribution in [3.63, 3.8) is 0 Å². The van der Waals surface area contributed by atoms with Crippen molar-refractivity contribution in [2.75, 3.05) is 19.9 Å². The van der Waals surface area contributed by atoms with Gasteiger partial charge in [-0.15, -0.1) is 10.2 Å². The Labute approximate surface area is 180 Å². The van der Waals surface area contributed by atoms with E-state index in [9.17, 15) is 8.42 Å². The van der Waals surface area contributed by atoms with Gasteiger partial charge in [-0.25, -0.2) is 8.42 Å². The van der Waals surface area contributed by atoms with E-state index in [2.05, 4.69) is 10.2 Å². The Hall–Kier alpha value is -2.91. The molecular formula is C22H23N3O5S. The average molecular weight is 442 g/mol. The van der Waals surface area contributed by atoms with E-state index in [0.29, 0.717) is 41.3 Å². The summed E-state index contributed by atoms with van der Waals surface area (Å²) in [6, 6.07) is 10.9. The first kappa shape index (κ1) is 20.0. The fraction of sp³-hybridized carbons (Fsp3) is 0.364. The van der Waals surface area contributed by atoms with Gasteiger partial charge in [-0.1, -0.05) is 12.1 Å². The van der Waals surface area contributed by atoms with E-state index in [1.165, 1.54) is 4.31 Å². The van der Waals surface area contributed by atoms with Crippen LogP contribution in [0.3, 0.4) is 0 Å². The zero-order valence-corrected chi connectivity index (χ0v) is 18.2. The molecule has 8 nitrogen and oxygen atoms in total. The summed E-state index contributed by atoms with van der Waals surface area (Å²) >= 11 is 0. The Balaban J connectivity index is 1.38. The Morgan fingerprint density at radius 2 is 1.87 bits per heavy atom. The zero-order valence-electron chi connectivity index (χ0n) is 17.4. The lowest BCUT2D eigenvalue weighted by atomic mass is 10.00. The summed E-state index contributed by atoms with van der Waals surface area (Å²) < 4.78 is 44.8. The van der Waals surface area contributed by atoms with Crippen LogP contribution in [0, 0.1) is 13.8 Å². The van der Waals surface area contributed by atoms with E-state index in [4.69, 9.17) is 13.9 Å². The van der Waals surface area contributed by atoms with Crippen LogP contribution in [0.25, 0.3) is 11.5 Å². The van der Waals surface area contributed by atoms with Crippen LogP contribution < -0.4 is 9.47 Å². The fourth-order valence-electron chi connectivity index (χ4n) is 4.03. The maximum Gasteiger partial charge on any atom is 0.247 e. The van der Waals surface area contributed by atoms with E-state index in [1.807, 2.05) is 32.0 Å². The topological polar surface area (TPSA) is 94.8 Å². The molecular weight excluding hydrogens is 418 g/mol. The summed E-state index contributed by atoms with van der Waals surface area (Å²) in [5, 5.41) is 8.40. The monoisotopic (exact) mass is 441 g/mol. The van der Waals surface area contributed by atoms with Crippen LogP contribution >= 0.6 is 0 Å². The molecule has 0 N–H and O–H groups in total. The highest BCUT2D eigenvalue weighted by Crippen LogP contribution is 2.37. The molecule has 0 amide bonds. The molecule has 3 heterocycles. The third-order valence-electron chi connectivity index (χ3n) is 5.75. The molecule has 0 saturated carbocycles. The predicted octanol–water partition coefficient (Wildman–Crippen LogP) is 3.65. The molecule has 0 aliphatic carbocycles. The van der Waals surface area contributed by atoms with Gasteiger partial charge in [0.15, 0.2) is 11.5 Å². The van der Waals surface area contributed by atoms with Gasteiger partial charge in [-0.2, -0.15) is 4.31 Å². The smallest absolute Gasteiger partial charge is 0.247 e. The number of aromatic nitrogens is 2. The molecule has 2 aliphatic rings. The second kappa shape index (κ2) is 7.65. The van der Waals surface area contributed by atoms with Crippen molar-refractivity contribution < 1.29 is 22.3 Å². The average Bonchev–Trinajstić information content (AvgIpc) is 3.44. The Morgan fingerprint density at radius 1 is 1.03 bits per heavy atom. The third kappa shape index (κ3) is 3.68. The van der Waals surface area contributed by atoms with Crippen LogP contribution in [0.2, 0.25) is 0 Å². The van der Waals surface area contributed by atoms with Crippen LogP contribution in [0.4, 0.5) is 0 Å². The molecule has 1 fully saturated rings. The first-order chi connectivity index (χ1) is 14.9. The van der Waals surface area contributed by atoms with Crippen molar-refractivity contribution in [1.82, 2.24) is 14.5 Å². The molecule has 9 heteroatoms. The summed E-state index contributed by atoms with van der Waals surface area (Å²) in [5.74, 6) is 2.00. The number of aryl methyl sites for hydroxylation is 2. The minimum absolute atomic E-state index is 0.149. The summed E-state index contributed by atoms with van der Waals surface area (Å²) in [6.07, 6.45) is 1.53. The first-order valence-electron chi connectivity index (χ1n) is 10.2. The highest BCUT2D eigenvalue weighted by molar-refractivity contribution is 7.89. The highest BCUT2D eigenvalue weighted by Gasteiger charge is 2.34. The lowest BCUT2D eigenvalue weighted by molar-refractivity contribution is 0.174. The van der Waals surface area contributed by atoms with Crippen LogP contribution in [-0.2, 0) is 10.0 Å². The number of sulfonamides is 1. The molecule has 2 aromatic carbocycles.